The zero-order valence-electron chi connectivity index (χ0n) is 20.2. The standard InChI is InChI=1S/C30H23BrN4O2S/c31-24-14-10-13-23(19-24)28-20-29(35(32-28)38(36,37)26-17-8-3-9-18-26)27-21-34(25-15-6-2-7-16-25)33-30(27)22-11-4-1-5-12-22/h1-19,21,29H,20H2/t29-/m1/s1. The van der Waals surface area contributed by atoms with Crippen molar-refractivity contribution in [3.63, 3.8) is 0 Å². The Morgan fingerprint density at radius 3 is 2.08 bits per heavy atom. The molecule has 2 heterocycles. The van der Waals surface area contributed by atoms with Crippen molar-refractivity contribution in [2.24, 2.45) is 5.10 Å². The SMILES string of the molecule is O=S(=O)(c1ccccc1)N1N=C(c2cccc(Br)c2)C[C@@H]1c1cn(-c2ccccc2)nc1-c1ccccc1. The van der Waals surface area contributed by atoms with Crippen LogP contribution in [0.5, 0.6) is 0 Å². The van der Waals surface area contributed by atoms with Crippen LogP contribution in [0.2, 0.25) is 0 Å². The van der Waals surface area contributed by atoms with Gasteiger partial charge in [-0.05, 0) is 42.0 Å². The molecule has 0 saturated carbocycles. The molecule has 8 heteroatoms. The molecule has 188 valence electrons. The summed E-state index contributed by atoms with van der Waals surface area (Å²) in [5, 5.41) is 9.66. The molecule has 0 unspecified atom stereocenters. The summed E-state index contributed by atoms with van der Waals surface area (Å²) < 4.78 is 31.9. The number of hydrogen-bond donors (Lipinski definition) is 0. The number of hydrogen-bond acceptors (Lipinski definition) is 4. The van der Waals surface area contributed by atoms with Crippen molar-refractivity contribution >= 4 is 31.7 Å². The van der Waals surface area contributed by atoms with Crippen molar-refractivity contribution < 1.29 is 8.42 Å². The van der Waals surface area contributed by atoms with Gasteiger partial charge in [-0.15, -0.1) is 0 Å². The molecule has 0 saturated heterocycles. The largest absolute Gasteiger partial charge is 0.279 e. The van der Waals surface area contributed by atoms with Crippen LogP contribution in [0.25, 0.3) is 16.9 Å². The molecule has 1 atom stereocenters. The highest BCUT2D eigenvalue weighted by atomic mass is 79.9. The average Bonchev–Trinajstić information content (AvgIpc) is 3.60. The van der Waals surface area contributed by atoms with Crippen LogP contribution in [-0.4, -0.2) is 28.3 Å². The highest BCUT2D eigenvalue weighted by molar-refractivity contribution is 9.10. The second kappa shape index (κ2) is 10.0. The summed E-state index contributed by atoms with van der Waals surface area (Å²) in [6.45, 7) is 0. The van der Waals surface area contributed by atoms with E-state index in [0.29, 0.717) is 12.1 Å². The second-order valence-electron chi connectivity index (χ2n) is 8.95. The van der Waals surface area contributed by atoms with Gasteiger partial charge in [-0.3, -0.25) is 0 Å². The predicted molar refractivity (Wildman–Crippen MR) is 153 cm³/mol. The number of rotatable bonds is 6. The third-order valence-electron chi connectivity index (χ3n) is 6.49. The molecule has 0 spiro atoms. The minimum absolute atomic E-state index is 0.195. The van der Waals surface area contributed by atoms with Gasteiger partial charge in [-0.2, -0.15) is 23.0 Å². The van der Waals surface area contributed by atoms with E-state index >= 15 is 0 Å². The quantitative estimate of drug-likeness (QED) is 0.220. The lowest BCUT2D eigenvalue weighted by molar-refractivity contribution is 0.372. The molecule has 0 amide bonds. The van der Waals surface area contributed by atoms with E-state index in [1.807, 2.05) is 95.8 Å². The Morgan fingerprint density at radius 1 is 0.763 bits per heavy atom. The van der Waals surface area contributed by atoms with E-state index in [0.717, 1.165) is 32.5 Å². The zero-order valence-corrected chi connectivity index (χ0v) is 22.6. The van der Waals surface area contributed by atoms with Gasteiger partial charge in [0.15, 0.2) is 0 Å². The molecule has 1 aromatic heterocycles. The van der Waals surface area contributed by atoms with Gasteiger partial charge in [-0.25, -0.2) is 4.68 Å². The topological polar surface area (TPSA) is 67.6 Å². The van der Waals surface area contributed by atoms with E-state index in [2.05, 4.69) is 15.9 Å². The molecule has 6 nitrogen and oxygen atoms in total. The summed E-state index contributed by atoms with van der Waals surface area (Å²) in [6, 6.07) is 35.3. The molecule has 0 bridgehead atoms. The number of aromatic nitrogens is 2. The molecule has 5 aromatic rings. The molecule has 1 aliphatic heterocycles. The molecule has 0 radical (unpaired) electrons. The Kier molecular flexibility index (Phi) is 6.43. The van der Waals surface area contributed by atoms with Crippen molar-refractivity contribution in [1.82, 2.24) is 14.2 Å². The zero-order chi connectivity index (χ0) is 26.1. The van der Waals surface area contributed by atoms with E-state index in [1.54, 1.807) is 30.3 Å². The van der Waals surface area contributed by atoms with E-state index < -0.39 is 16.1 Å². The predicted octanol–water partition coefficient (Wildman–Crippen LogP) is 6.84. The first-order valence-corrected chi connectivity index (χ1v) is 14.4. The lowest BCUT2D eigenvalue weighted by atomic mass is 9.97. The monoisotopic (exact) mass is 582 g/mol. The van der Waals surface area contributed by atoms with E-state index in [1.165, 1.54) is 4.41 Å². The highest BCUT2D eigenvalue weighted by Gasteiger charge is 2.40. The maximum absolute atomic E-state index is 14.0. The maximum Gasteiger partial charge on any atom is 0.279 e. The van der Waals surface area contributed by atoms with Crippen molar-refractivity contribution in [3.05, 3.63) is 137 Å². The molecule has 38 heavy (non-hydrogen) atoms. The van der Waals surface area contributed by atoms with Gasteiger partial charge in [0, 0.05) is 28.2 Å². The van der Waals surface area contributed by atoms with Gasteiger partial charge >= 0.3 is 0 Å². The fourth-order valence-corrected chi connectivity index (χ4v) is 6.49. The summed E-state index contributed by atoms with van der Waals surface area (Å²) in [5.74, 6) is 0. The molecule has 0 aliphatic carbocycles. The number of hydrazone groups is 1. The van der Waals surface area contributed by atoms with Crippen molar-refractivity contribution in [3.8, 4) is 16.9 Å². The summed E-state index contributed by atoms with van der Waals surface area (Å²) in [6.07, 6.45) is 2.33. The molecule has 1 aliphatic rings. The van der Waals surface area contributed by atoms with Crippen LogP contribution in [0, 0.1) is 0 Å². The lowest BCUT2D eigenvalue weighted by Gasteiger charge is -2.23. The number of para-hydroxylation sites is 1. The van der Waals surface area contributed by atoms with Gasteiger partial charge in [0.05, 0.1) is 28.0 Å². The Bertz CT molecular complexity index is 1720. The number of sulfonamides is 1. The molecular weight excluding hydrogens is 560 g/mol. The van der Waals surface area contributed by atoms with Crippen molar-refractivity contribution in [2.75, 3.05) is 0 Å². The summed E-state index contributed by atoms with van der Waals surface area (Å²) in [7, 11) is -3.94. The van der Waals surface area contributed by atoms with Crippen LogP contribution in [0.15, 0.2) is 136 Å². The van der Waals surface area contributed by atoms with Crippen LogP contribution in [-0.2, 0) is 10.0 Å². The van der Waals surface area contributed by atoms with Gasteiger partial charge in [-0.1, -0.05) is 94.8 Å². The first-order valence-electron chi connectivity index (χ1n) is 12.1. The molecular formula is C30H23BrN4O2S. The smallest absolute Gasteiger partial charge is 0.240 e. The Hall–Kier alpha value is -4.01. The highest BCUT2D eigenvalue weighted by Crippen LogP contribution is 2.41. The van der Waals surface area contributed by atoms with E-state index in [9.17, 15) is 8.42 Å². The maximum atomic E-state index is 14.0. The molecule has 4 aromatic carbocycles. The summed E-state index contributed by atoms with van der Waals surface area (Å²) >= 11 is 3.53. The Morgan fingerprint density at radius 2 is 1.39 bits per heavy atom. The first-order chi connectivity index (χ1) is 18.5. The number of halogens is 1. The Balaban J connectivity index is 1.53. The third kappa shape index (κ3) is 4.57. The van der Waals surface area contributed by atoms with Crippen LogP contribution in [0.1, 0.15) is 23.6 Å². The van der Waals surface area contributed by atoms with Gasteiger partial charge in [0.25, 0.3) is 10.0 Å². The normalized spacial score (nSPS) is 15.4. The van der Waals surface area contributed by atoms with Crippen LogP contribution >= 0.6 is 15.9 Å². The average molecular weight is 584 g/mol. The van der Waals surface area contributed by atoms with Gasteiger partial charge < -0.3 is 0 Å². The molecule has 0 fully saturated rings. The van der Waals surface area contributed by atoms with E-state index in [4.69, 9.17) is 10.2 Å². The van der Waals surface area contributed by atoms with E-state index in [-0.39, 0.29) is 4.90 Å². The van der Waals surface area contributed by atoms with Crippen molar-refractivity contribution in [1.29, 1.82) is 0 Å². The minimum Gasteiger partial charge on any atom is -0.240 e. The van der Waals surface area contributed by atoms with Crippen LogP contribution in [0.4, 0.5) is 0 Å². The van der Waals surface area contributed by atoms with Crippen molar-refractivity contribution in [2.45, 2.75) is 17.4 Å². The Labute approximate surface area is 230 Å². The van der Waals surface area contributed by atoms with Gasteiger partial charge in [0.1, 0.15) is 0 Å². The lowest BCUT2D eigenvalue weighted by Crippen LogP contribution is -2.27. The molecule has 0 N–H and O–H groups in total. The van der Waals surface area contributed by atoms with Gasteiger partial charge in [0.2, 0.25) is 0 Å². The van der Waals surface area contributed by atoms with Crippen LogP contribution in [0.3, 0.4) is 0 Å². The minimum atomic E-state index is -3.94. The first kappa shape index (κ1) is 24.3. The fraction of sp³-hybridized carbons (Fsp3) is 0.0667. The number of nitrogens with zero attached hydrogens (tertiary/aromatic N) is 4. The summed E-state index contributed by atoms with van der Waals surface area (Å²) in [4.78, 5) is 0.195. The third-order valence-corrected chi connectivity index (χ3v) is 8.68. The second-order valence-corrected chi connectivity index (χ2v) is 11.7. The molecule has 6 rings (SSSR count). The summed E-state index contributed by atoms with van der Waals surface area (Å²) in [5.41, 5.74) is 4.87. The number of benzene rings is 4. The van der Waals surface area contributed by atoms with Crippen LogP contribution < -0.4 is 0 Å². The fourth-order valence-electron chi connectivity index (χ4n) is 4.65.